The van der Waals surface area contributed by atoms with Gasteiger partial charge in [0.25, 0.3) is 5.91 Å². The van der Waals surface area contributed by atoms with Gasteiger partial charge in [-0.2, -0.15) is 4.31 Å². The van der Waals surface area contributed by atoms with Crippen molar-refractivity contribution in [2.75, 3.05) is 31.6 Å². The average molecular weight is 468 g/mol. The van der Waals surface area contributed by atoms with Crippen LogP contribution in [0.3, 0.4) is 0 Å². The Labute approximate surface area is 176 Å². The zero-order valence-electron chi connectivity index (χ0n) is 14.2. The lowest BCUT2D eigenvalue weighted by molar-refractivity contribution is 0.0730. The number of hydrogen-bond donors (Lipinski definition) is 1. The summed E-state index contributed by atoms with van der Waals surface area (Å²) in [6, 6.07) is 5.97. The minimum atomic E-state index is -3.96. The molecule has 1 aliphatic rings. The molecule has 0 radical (unpaired) electrons. The van der Waals surface area contributed by atoms with E-state index >= 15 is 0 Å². The van der Waals surface area contributed by atoms with E-state index in [9.17, 15) is 17.6 Å². The number of carbonyl (C=O) groups excluding carboxylic acids is 1. The molecule has 1 aliphatic heterocycles. The number of amides is 1. The molecule has 28 heavy (non-hydrogen) atoms. The lowest BCUT2D eigenvalue weighted by atomic mass is 10.2. The first kappa shape index (κ1) is 21.3. The van der Waals surface area contributed by atoms with Gasteiger partial charge in [-0.25, -0.2) is 12.8 Å². The van der Waals surface area contributed by atoms with Crippen molar-refractivity contribution in [2.45, 2.75) is 4.90 Å². The number of hydrogen-bond acceptors (Lipinski definition) is 4. The smallest absolute Gasteiger partial charge is 0.257 e. The summed E-state index contributed by atoms with van der Waals surface area (Å²) in [6.07, 6.45) is 0. The maximum atomic E-state index is 13.9. The third kappa shape index (κ3) is 4.42. The average Bonchev–Trinajstić information content (AvgIpc) is 2.64. The van der Waals surface area contributed by atoms with E-state index in [1.807, 2.05) is 0 Å². The van der Waals surface area contributed by atoms with Gasteiger partial charge in [0, 0.05) is 18.1 Å². The molecule has 0 spiro atoms. The zero-order chi connectivity index (χ0) is 20.5. The molecule has 1 saturated heterocycles. The molecular formula is C17H14Cl3FN2O4S. The van der Waals surface area contributed by atoms with Gasteiger partial charge >= 0.3 is 0 Å². The second-order valence-corrected chi connectivity index (χ2v) is 9.01. The van der Waals surface area contributed by atoms with Crippen LogP contribution in [0.5, 0.6) is 0 Å². The number of carbonyl (C=O) groups is 1. The highest BCUT2D eigenvalue weighted by Gasteiger charge is 2.30. The van der Waals surface area contributed by atoms with Crippen molar-refractivity contribution in [2.24, 2.45) is 0 Å². The summed E-state index contributed by atoms with van der Waals surface area (Å²) in [4.78, 5) is 12.3. The lowest BCUT2D eigenvalue weighted by Gasteiger charge is -2.26. The zero-order valence-corrected chi connectivity index (χ0v) is 17.3. The highest BCUT2D eigenvalue weighted by Crippen LogP contribution is 2.31. The quantitative estimate of drug-likeness (QED) is 0.736. The van der Waals surface area contributed by atoms with Crippen LogP contribution < -0.4 is 5.32 Å². The highest BCUT2D eigenvalue weighted by molar-refractivity contribution is 7.89. The molecule has 0 unspecified atom stereocenters. The number of rotatable bonds is 4. The molecule has 6 nitrogen and oxygen atoms in total. The molecule has 2 aromatic rings. The molecule has 0 atom stereocenters. The molecule has 1 heterocycles. The Morgan fingerprint density at radius 3 is 2.39 bits per heavy atom. The van der Waals surface area contributed by atoms with Crippen LogP contribution in [0.15, 0.2) is 35.2 Å². The molecule has 2 aromatic carbocycles. The largest absolute Gasteiger partial charge is 0.379 e. The Bertz CT molecular complexity index is 1030. The second-order valence-electron chi connectivity index (χ2n) is 5.86. The molecule has 0 aliphatic carbocycles. The molecule has 0 bridgehead atoms. The Hall–Kier alpha value is -1.42. The topological polar surface area (TPSA) is 75.7 Å². The van der Waals surface area contributed by atoms with Crippen LogP contribution in [-0.2, 0) is 14.8 Å². The molecule has 1 N–H and O–H groups in total. The van der Waals surface area contributed by atoms with Crippen molar-refractivity contribution in [1.82, 2.24) is 4.31 Å². The molecule has 0 saturated carbocycles. The molecule has 0 aromatic heterocycles. The maximum Gasteiger partial charge on any atom is 0.257 e. The summed E-state index contributed by atoms with van der Waals surface area (Å²) in [6.45, 7) is 0.846. The summed E-state index contributed by atoms with van der Waals surface area (Å²) >= 11 is 17.8. The predicted molar refractivity (Wildman–Crippen MR) is 105 cm³/mol. The maximum absolute atomic E-state index is 13.9. The molecule has 11 heteroatoms. The van der Waals surface area contributed by atoms with Crippen molar-refractivity contribution in [3.8, 4) is 0 Å². The number of morpholine rings is 1. The summed E-state index contributed by atoms with van der Waals surface area (Å²) in [7, 11) is -3.96. The van der Waals surface area contributed by atoms with E-state index in [-0.39, 0.29) is 57.5 Å². The van der Waals surface area contributed by atoms with Crippen LogP contribution in [0.2, 0.25) is 15.1 Å². The first-order chi connectivity index (χ1) is 13.2. The van der Waals surface area contributed by atoms with Gasteiger partial charge in [-0.15, -0.1) is 0 Å². The molecule has 1 fully saturated rings. The third-order valence-corrected chi connectivity index (χ3v) is 6.94. The highest BCUT2D eigenvalue weighted by atomic mass is 35.5. The number of anilines is 1. The fourth-order valence-corrected chi connectivity index (χ4v) is 5.01. The molecule has 150 valence electrons. The van der Waals surface area contributed by atoms with Crippen molar-refractivity contribution in [1.29, 1.82) is 0 Å². The van der Waals surface area contributed by atoms with E-state index in [0.29, 0.717) is 0 Å². The normalized spacial score (nSPS) is 15.4. The van der Waals surface area contributed by atoms with Gasteiger partial charge in [0.15, 0.2) is 0 Å². The number of benzene rings is 2. The van der Waals surface area contributed by atoms with E-state index in [1.165, 1.54) is 22.5 Å². The van der Waals surface area contributed by atoms with Crippen LogP contribution in [-0.4, -0.2) is 44.9 Å². The fraction of sp³-hybridized carbons (Fsp3) is 0.235. The number of halogens is 4. The van der Waals surface area contributed by atoms with Crippen molar-refractivity contribution in [3.63, 3.8) is 0 Å². The standard InChI is InChI=1S/C17H14Cl3FN2O4S/c18-10-1-2-15(14(21)7-10)22-17(24)11-8-16(13(20)9-12(11)19)28(25,26)23-3-5-27-6-4-23/h1-2,7-9H,3-6H2,(H,22,24). The van der Waals surface area contributed by atoms with Gasteiger partial charge < -0.3 is 10.1 Å². The van der Waals surface area contributed by atoms with E-state index in [4.69, 9.17) is 39.5 Å². The first-order valence-electron chi connectivity index (χ1n) is 8.03. The van der Waals surface area contributed by atoms with Crippen LogP contribution >= 0.6 is 34.8 Å². The monoisotopic (exact) mass is 466 g/mol. The number of nitrogens with one attached hydrogen (secondary N) is 1. The van der Waals surface area contributed by atoms with Gasteiger partial charge in [-0.1, -0.05) is 34.8 Å². The van der Waals surface area contributed by atoms with Crippen LogP contribution in [0.4, 0.5) is 10.1 Å². The van der Waals surface area contributed by atoms with Crippen LogP contribution in [0.25, 0.3) is 0 Å². The fourth-order valence-electron chi connectivity index (χ4n) is 2.61. The van der Waals surface area contributed by atoms with E-state index < -0.39 is 21.7 Å². The first-order valence-corrected chi connectivity index (χ1v) is 10.6. The Kier molecular flexibility index (Phi) is 6.48. The van der Waals surface area contributed by atoms with Gasteiger partial charge in [0.1, 0.15) is 10.7 Å². The van der Waals surface area contributed by atoms with E-state index in [2.05, 4.69) is 5.32 Å². The minimum Gasteiger partial charge on any atom is -0.379 e. The van der Waals surface area contributed by atoms with Crippen LogP contribution in [0.1, 0.15) is 10.4 Å². The molecule has 3 rings (SSSR count). The summed E-state index contributed by atoms with van der Waals surface area (Å²) in [5.74, 6) is -1.53. The van der Waals surface area contributed by atoms with Crippen LogP contribution in [0, 0.1) is 5.82 Å². The van der Waals surface area contributed by atoms with E-state index in [1.54, 1.807) is 0 Å². The van der Waals surface area contributed by atoms with Gasteiger partial charge in [-0.3, -0.25) is 4.79 Å². The van der Waals surface area contributed by atoms with Gasteiger partial charge in [0.2, 0.25) is 10.0 Å². The Morgan fingerprint density at radius 1 is 1.07 bits per heavy atom. The second kappa shape index (κ2) is 8.52. The summed E-state index contributed by atoms with van der Waals surface area (Å²) in [5.41, 5.74) is -0.287. The summed E-state index contributed by atoms with van der Waals surface area (Å²) < 4.78 is 46.1. The lowest BCUT2D eigenvalue weighted by Crippen LogP contribution is -2.40. The number of nitrogens with zero attached hydrogens (tertiary/aromatic N) is 1. The van der Waals surface area contributed by atoms with Crippen molar-refractivity contribution < 1.29 is 22.3 Å². The molecular weight excluding hydrogens is 454 g/mol. The van der Waals surface area contributed by atoms with Gasteiger partial charge in [-0.05, 0) is 30.3 Å². The third-order valence-electron chi connectivity index (χ3n) is 4.03. The summed E-state index contributed by atoms with van der Waals surface area (Å²) in [5, 5.41) is 2.32. The Morgan fingerprint density at radius 2 is 1.75 bits per heavy atom. The predicted octanol–water partition coefficient (Wildman–Crippen LogP) is 4.06. The van der Waals surface area contributed by atoms with E-state index in [0.717, 1.165) is 12.1 Å². The number of sulfonamides is 1. The van der Waals surface area contributed by atoms with Crippen molar-refractivity contribution in [3.05, 3.63) is 56.8 Å². The van der Waals surface area contributed by atoms with Gasteiger partial charge in [0.05, 0.1) is 34.5 Å². The minimum absolute atomic E-state index is 0.0715. The number of ether oxygens (including phenoxy) is 1. The Balaban J connectivity index is 1.95. The molecule has 1 amide bonds. The van der Waals surface area contributed by atoms with Crippen molar-refractivity contribution >= 4 is 56.4 Å². The SMILES string of the molecule is O=C(Nc1ccc(Cl)cc1F)c1cc(S(=O)(=O)N2CCOCC2)c(Cl)cc1Cl.